The van der Waals surface area contributed by atoms with E-state index in [0.29, 0.717) is 36.3 Å². The maximum Gasteiger partial charge on any atom is 0.251 e. The molecule has 0 bridgehead atoms. The highest BCUT2D eigenvalue weighted by Gasteiger charge is 2.46. The molecule has 2 amide bonds. The van der Waals surface area contributed by atoms with Crippen LogP contribution in [0.1, 0.15) is 72.7 Å². The van der Waals surface area contributed by atoms with E-state index in [2.05, 4.69) is 10.6 Å². The number of nitrogens with zero attached hydrogens (tertiary/aromatic N) is 1. The van der Waals surface area contributed by atoms with Crippen LogP contribution in [0.25, 0.3) is 0 Å². The van der Waals surface area contributed by atoms with E-state index in [4.69, 9.17) is 14.9 Å². The maximum atomic E-state index is 13.4. The van der Waals surface area contributed by atoms with Crippen molar-refractivity contribution >= 4 is 17.8 Å². The fraction of sp³-hybridized carbons (Fsp3) is 0.464. The Morgan fingerprint density at radius 2 is 2.00 bits per heavy atom. The Morgan fingerprint density at radius 1 is 1.24 bits per heavy atom. The van der Waals surface area contributed by atoms with Crippen molar-refractivity contribution in [3.8, 4) is 5.75 Å². The summed E-state index contributed by atoms with van der Waals surface area (Å²) in [5.74, 6) is 0.0854. The van der Waals surface area contributed by atoms with Crippen molar-refractivity contribution in [2.24, 2.45) is 0 Å². The number of aliphatic hydroxyl groups excluding tert-OH is 1. The fourth-order valence-electron chi connectivity index (χ4n) is 5.81. The van der Waals surface area contributed by atoms with Gasteiger partial charge in [-0.3, -0.25) is 19.9 Å². The van der Waals surface area contributed by atoms with Gasteiger partial charge in [0, 0.05) is 43.0 Å². The lowest BCUT2D eigenvalue weighted by atomic mass is 9.85. The molecule has 1 aliphatic carbocycles. The monoisotopic (exact) mass is 506 g/mol. The molecule has 1 fully saturated rings. The average Bonchev–Trinajstić information content (AvgIpc) is 3.12. The Morgan fingerprint density at radius 3 is 2.73 bits per heavy atom. The second kappa shape index (κ2) is 9.15. The summed E-state index contributed by atoms with van der Waals surface area (Å²) < 4.78 is 11.7. The Balaban J connectivity index is 1.48. The molecular weight excluding hydrogens is 472 g/mol. The van der Waals surface area contributed by atoms with E-state index in [1.165, 1.54) is 4.90 Å². The fourth-order valence-corrected chi connectivity index (χ4v) is 5.81. The molecule has 3 aliphatic rings. The largest absolute Gasteiger partial charge is 0.485 e. The highest BCUT2D eigenvalue weighted by Crippen LogP contribution is 2.44. The van der Waals surface area contributed by atoms with Crippen LogP contribution in [0.5, 0.6) is 5.75 Å². The van der Waals surface area contributed by atoms with Crippen molar-refractivity contribution in [2.75, 3.05) is 13.7 Å². The number of rotatable bonds is 5. The van der Waals surface area contributed by atoms with Crippen molar-refractivity contribution < 1.29 is 24.2 Å². The first-order valence-corrected chi connectivity index (χ1v) is 12.6. The molecule has 9 heteroatoms. The second-order valence-corrected chi connectivity index (χ2v) is 11.2. The van der Waals surface area contributed by atoms with Crippen molar-refractivity contribution in [1.29, 1.82) is 5.41 Å². The number of carbonyl (C=O) groups excluding carboxylic acids is 2. The summed E-state index contributed by atoms with van der Waals surface area (Å²) >= 11 is 0. The van der Waals surface area contributed by atoms with E-state index in [1.54, 1.807) is 25.3 Å². The van der Waals surface area contributed by atoms with Gasteiger partial charge in [-0.25, -0.2) is 0 Å². The van der Waals surface area contributed by atoms with Gasteiger partial charge in [-0.05, 0) is 50.1 Å². The van der Waals surface area contributed by atoms with E-state index in [0.717, 1.165) is 11.1 Å². The van der Waals surface area contributed by atoms with Crippen LogP contribution in [0.3, 0.4) is 0 Å². The van der Waals surface area contributed by atoms with Crippen LogP contribution >= 0.6 is 0 Å². The Hall–Kier alpha value is -3.43. The normalized spacial score (nSPS) is 28.1. The summed E-state index contributed by atoms with van der Waals surface area (Å²) in [7, 11) is 1.60. The SMILES string of the molecule is COCC1(C)C[C@@H](N2C(=N)NC(C)(C)CC2=O)c2cc(C(=O)N[C@@H]3c4ccccc4C[C@H]3O)ccc2O1. The van der Waals surface area contributed by atoms with E-state index in [9.17, 15) is 14.7 Å². The lowest BCUT2D eigenvalue weighted by Crippen LogP contribution is -2.61. The highest BCUT2D eigenvalue weighted by molar-refractivity contribution is 6.00. The van der Waals surface area contributed by atoms with Gasteiger partial charge in [0.2, 0.25) is 5.91 Å². The van der Waals surface area contributed by atoms with Gasteiger partial charge in [0.25, 0.3) is 5.91 Å². The number of fused-ring (bicyclic) bond motifs is 2. The molecule has 0 saturated carbocycles. The van der Waals surface area contributed by atoms with Gasteiger partial charge in [-0.15, -0.1) is 0 Å². The molecule has 1 unspecified atom stereocenters. The number of aliphatic hydroxyl groups is 1. The zero-order chi connectivity index (χ0) is 26.5. The summed E-state index contributed by atoms with van der Waals surface area (Å²) in [5, 5.41) is 25.3. The molecule has 0 aromatic heterocycles. The molecule has 196 valence electrons. The van der Waals surface area contributed by atoms with Crippen LogP contribution in [-0.4, -0.2) is 58.7 Å². The summed E-state index contributed by atoms with van der Waals surface area (Å²) in [5.41, 5.74) is 1.75. The number of nitrogens with one attached hydrogen (secondary N) is 3. The minimum absolute atomic E-state index is 0.0272. The molecular formula is C28H34N4O5. The first kappa shape index (κ1) is 25.2. The number of carbonyl (C=O) groups is 2. The third kappa shape index (κ3) is 4.69. The second-order valence-electron chi connectivity index (χ2n) is 11.2. The topological polar surface area (TPSA) is 124 Å². The number of amides is 2. The number of methoxy groups -OCH3 is 1. The van der Waals surface area contributed by atoms with Crippen molar-refractivity contribution in [3.63, 3.8) is 0 Å². The number of benzene rings is 2. The molecule has 1 saturated heterocycles. The molecule has 2 aromatic rings. The Kier molecular flexibility index (Phi) is 6.24. The molecule has 0 spiro atoms. The van der Waals surface area contributed by atoms with Crippen molar-refractivity contribution in [1.82, 2.24) is 15.5 Å². The van der Waals surface area contributed by atoms with Gasteiger partial charge in [0.1, 0.15) is 11.4 Å². The molecule has 4 N–H and O–H groups in total. The van der Waals surface area contributed by atoms with E-state index in [-0.39, 0.29) is 24.2 Å². The number of hydrogen-bond donors (Lipinski definition) is 4. The quantitative estimate of drug-likeness (QED) is 0.495. The standard InChI is InChI=1S/C28H34N4O5/c1-27(2)14-23(34)32(26(29)31-27)20-13-28(3,15-36-4)37-22-10-9-17(11-19(20)22)25(35)30-24-18-8-6-5-7-16(18)12-21(24)33/h5-11,20-21,24,33H,12-15H2,1-4H3,(H2,29,31)(H,30,35)/t20-,21-,24-,28?/m1/s1. The third-order valence-electron chi connectivity index (χ3n) is 7.42. The molecule has 0 radical (unpaired) electrons. The van der Waals surface area contributed by atoms with Gasteiger partial charge in [-0.1, -0.05) is 24.3 Å². The first-order chi connectivity index (χ1) is 17.5. The average molecular weight is 507 g/mol. The molecule has 2 aliphatic heterocycles. The van der Waals surface area contributed by atoms with E-state index < -0.39 is 29.3 Å². The smallest absolute Gasteiger partial charge is 0.251 e. The van der Waals surface area contributed by atoms with Crippen molar-refractivity contribution in [3.05, 3.63) is 64.7 Å². The minimum Gasteiger partial charge on any atom is -0.485 e. The lowest BCUT2D eigenvalue weighted by molar-refractivity contribution is -0.134. The Bertz CT molecular complexity index is 1240. The number of ether oxygens (including phenoxy) is 2. The highest BCUT2D eigenvalue weighted by atomic mass is 16.5. The van der Waals surface area contributed by atoms with E-state index >= 15 is 0 Å². The summed E-state index contributed by atoms with van der Waals surface area (Å²) in [6, 6.07) is 11.8. The first-order valence-electron chi connectivity index (χ1n) is 12.6. The zero-order valence-electron chi connectivity index (χ0n) is 21.6. The van der Waals surface area contributed by atoms with Gasteiger partial charge >= 0.3 is 0 Å². The van der Waals surface area contributed by atoms with Gasteiger partial charge < -0.3 is 25.2 Å². The predicted molar refractivity (Wildman–Crippen MR) is 137 cm³/mol. The Labute approximate surface area is 216 Å². The molecule has 9 nitrogen and oxygen atoms in total. The zero-order valence-corrected chi connectivity index (χ0v) is 21.6. The van der Waals surface area contributed by atoms with Gasteiger partial charge in [0.15, 0.2) is 5.96 Å². The van der Waals surface area contributed by atoms with Crippen LogP contribution in [0.15, 0.2) is 42.5 Å². The molecule has 5 rings (SSSR count). The summed E-state index contributed by atoms with van der Waals surface area (Å²) in [4.78, 5) is 28.1. The van der Waals surface area contributed by atoms with Gasteiger partial charge in [0.05, 0.1) is 24.8 Å². The molecule has 4 atom stereocenters. The summed E-state index contributed by atoms with van der Waals surface area (Å²) in [6.45, 7) is 6.00. The van der Waals surface area contributed by atoms with Crippen LogP contribution in [0, 0.1) is 5.41 Å². The predicted octanol–water partition coefficient (Wildman–Crippen LogP) is 2.84. The molecule has 2 heterocycles. The minimum atomic E-state index is -0.721. The van der Waals surface area contributed by atoms with Crippen LogP contribution in [0.2, 0.25) is 0 Å². The lowest BCUT2D eigenvalue weighted by Gasteiger charge is -2.47. The van der Waals surface area contributed by atoms with Crippen molar-refractivity contribution in [2.45, 2.75) is 69.4 Å². The van der Waals surface area contributed by atoms with Crippen LogP contribution < -0.4 is 15.4 Å². The number of guanidine groups is 1. The van der Waals surface area contributed by atoms with Crippen LogP contribution in [0.4, 0.5) is 0 Å². The number of hydrogen-bond acceptors (Lipinski definition) is 6. The maximum absolute atomic E-state index is 13.4. The molecule has 2 aromatic carbocycles. The van der Waals surface area contributed by atoms with Gasteiger partial charge in [-0.2, -0.15) is 0 Å². The summed E-state index contributed by atoms with van der Waals surface area (Å²) in [6.07, 6.45) is 0.416. The third-order valence-corrected chi connectivity index (χ3v) is 7.42. The molecule has 37 heavy (non-hydrogen) atoms. The van der Waals surface area contributed by atoms with E-state index in [1.807, 2.05) is 45.0 Å². The van der Waals surface area contributed by atoms with Crippen LogP contribution in [-0.2, 0) is 16.0 Å².